The van der Waals surface area contributed by atoms with Gasteiger partial charge in [0.15, 0.2) is 6.61 Å². The Balaban J connectivity index is 2.64. The molecular weight excluding hydrogens is 312 g/mol. The van der Waals surface area contributed by atoms with Gasteiger partial charge in [0.05, 0.1) is 12.2 Å². The van der Waals surface area contributed by atoms with Crippen molar-refractivity contribution in [2.45, 2.75) is 41.0 Å². The molecule has 0 aliphatic heterocycles. The van der Waals surface area contributed by atoms with Gasteiger partial charge < -0.3 is 19.8 Å². The van der Waals surface area contributed by atoms with Crippen molar-refractivity contribution >= 4 is 17.8 Å². The third-order valence-electron chi connectivity index (χ3n) is 3.50. The Morgan fingerprint density at radius 1 is 1.12 bits per heavy atom. The van der Waals surface area contributed by atoms with E-state index in [9.17, 15) is 14.4 Å². The lowest BCUT2D eigenvalue weighted by atomic mass is 10.1. The van der Waals surface area contributed by atoms with Crippen LogP contribution in [-0.4, -0.2) is 42.6 Å². The highest BCUT2D eigenvalue weighted by Gasteiger charge is 2.24. The van der Waals surface area contributed by atoms with Gasteiger partial charge in [0.1, 0.15) is 5.69 Å². The van der Waals surface area contributed by atoms with Crippen LogP contribution in [0.25, 0.3) is 0 Å². The maximum atomic E-state index is 12.1. The molecule has 1 heterocycles. The van der Waals surface area contributed by atoms with E-state index in [0.717, 1.165) is 6.42 Å². The van der Waals surface area contributed by atoms with Crippen LogP contribution >= 0.6 is 0 Å². The van der Waals surface area contributed by atoms with E-state index in [4.69, 9.17) is 9.47 Å². The highest BCUT2D eigenvalue weighted by Crippen LogP contribution is 2.19. The molecule has 0 bridgehead atoms. The molecule has 1 amide bonds. The number of hydrogen-bond acceptors (Lipinski definition) is 5. The Morgan fingerprint density at radius 3 is 2.38 bits per heavy atom. The van der Waals surface area contributed by atoms with Gasteiger partial charge in [-0.15, -0.1) is 0 Å². The van der Waals surface area contributed by atoms with Crippen LogP contribution in [0.3, 0.4) is 0 Å². The molecule has 2 N–H and O–H groups in total. The summed E-state index contributed by atoms with van der Waals surface area (Å²) in [5.74, 6) is -1.03. The molecule has 0 radical (unpaired) electrons. The molecule has 0 fully saturated rings. The van der Waals surface area contributed by atoms with Gasteiger partial charge in [0.2, 0.25) is 0 Å². The number of carbonyl (C=O) groups excluding carboxylic acids is 3. The van der Waals surface area contributed by atoms with E-state index in [-0.39, 0.29) is 24.8 Å². The zero-order valence-corrected chi connectivity index (χ0v) is 14.9. The molecule has 1 aromatic heterocycles. The van der Waals surface area contributed by atoms with E-state index in [2.05, 4.69) is 24.1 Å². The van der Waals surface area contributed by atoms with Crippen LogP contribution in [-0.2, 0) is 14.3 Å². The first-order valence-electron chi connectivity index (χ1n) is 8.08. The van der Waals surface area contributed by atoms with E-state index < -0.39 is 11.9 Å². The molecule has 0 aliphatic rings. The van der Waals surface area contributed by atoms with Crippen molar-refractivity contribution in [3.8, 4) is 0 Å². The molecule has 0 saturated carbocycles. The van der Waals surface area contributed by atoms with Crippen molar-refractivity contribution in [1.29, 1.82) is 0 Å². The summed E-state index contributed by atoms with van der Waals surface area (Å²) in [6.45, 7) is 9.57. The van der Waals surface area contributed by atoms with Crippen molar-refractivity contribution in [2.75, 3.05) is 19.8 Å². The summed E-state index contributed by atoms with van der Waals surface area (Å²) >= 11 is 0. The second kappa shape index (κ2) is 9.10. The molecule has 0 spiro atoms. The summed E-state index contributed by atoms with van der Waals surface area (Å²) in [5, 5.41) is 2.69. The summed E-state index contributed by atoms with van der Waals surface area (Å²) in [6.07, 6.45) is 0.859. The van der Waals surface area contributed by atoms with E-state index in [0.29, 0.717) is 29.3 Å². The van der Waals surface area contributed by atoms with Crippen LogP contribution in [0.2, 0.25) is 0 Å². The van der Waals surface area contributed by atoms with Crippen LogP contribution < -0.4 is 5.32 Å². The monoisotopic (exact) mass is 338 g/mol. The minimum Gasteiger partial charge on any atom is -0.462 e. The Labute approximate surface area is 142 Å². The van der Waals surface area contributed by atoms with Gasteiger partial charge in [-0.2, -0.15) is 0 Å². The number of hydrogen-bond donors (Lipinski definition) is 2. The number of ether oxygens (including phenoxy) is 2. The maximum Gasteiger partial charge on any atom is 0.355 e. The van der Waals surface area contributed by atoms with Crippen molar-refractivity contribution in [3.05, 3.63) is 22.5 Å². The standard InChI is InChI=1S/C17H26N2O5/c1-6-23-16(21)14-11(4)15(19-12(14)5)17(22)24-9-13(20)18-8-7-10(2)3/h10,19H,6-9H2,1-5H3,(H,18,20). The molecule has 134 valence electrons. The van der Waals surface area contributed by atoms with Crippen LogP contribution in [0.15, 0.2) is 0 Å². The van der Waals surface area contributed by atoms with E-state index in [1.807, 2.05) is 0 Å². The fraction of sp³-hybridized carbons (Fsp3) is 0.588. The fourth-order valence-corrected chi connectivity index (χ4v) is 2.22. The first-order chi connectivity index (χ1) is 11.3. The molecule has 0 aliphatic carbocycles. The summed E-state index contributed by atoms with van der Waals surface area (Å²) in [4.78, 5) is 38.5. The Hall–Kier alpha value is -2.31. The number of esters is 2. The molecule has 24 heavy (non-hydrogen) atoms. The third kappa shape index (κ3) is 5.40. The summed E-state index contributed by atoms with van der Waals surface area (Å²) in [6, 6.07) is 0. The van der Waals surface area contributed by atoms with Gasteiger partial charge in [0, 0.05) is 12.2 Å². The Kier molecular flexibility index (Phi) is 7.48. The van der Waals surface area contributed by atoms with Gasteiger partial charge >= 0.3 is 11.9 Å². The van der Waals surface area contributed by atoms with Gasteiger partial charge in [-0.1, -0.05) is 13.8 Å². The van der Waals surface area contributed by atoms with E-state index in [1.165, 1.54) is 0 Å². The number of amides is 1. The second-order valence-electron chi connectivity index (χ2n) is 5.95. The zero-order chi connectivity index (χ0) is 18.3. The molecule has 0 aromatic carbocycles. The highest BCUT2D eigenvalue weighted by molar-refractivity contribution is 5.99. The van der Waals surface area contributed by atoms with Crippen LogP contribution in [0.5, 0.6) is 0 Å². The van der Waals surface area contributed by atoms with Crippen LogP contribution in [0.4, 0.5) is 0 Å². The highest BCUT2D eigenvalue weighted by atomic mass is 16.5. The van der Waals surface area contributed by atoms with Crippen molar-refractivity contribution < 1.29 is 23.9 Å². The van der Waals surface area contributed by atoms with Gasteiger partial charge in [0.25, 0.3) is 5.91 Å². The number of rotatable bonds is 8. The quantitative estimate of drug-likeness (QED) is 0.708. The number of carbonyl (C=O) groups is 3. The zero-order valence-electron chi connectivity index (χ0n) is 14.9. The minimum atomic E-state index is -0.676. The Bertz CT molecular complexity index is 604. The number of aromatic nitrogens is 1. The van der Waals surface area contributed by atoms with E-state index in [1.54, 1.807) is 20.8 Å². The SMILES string of the molecule is CCOC(=O)c1c(C)[nH]c(C(=O)OCC(=O)NCCC(C)C)c1C. The second-order valence-corrected chi connectivity index (χ2v) is 5.95. The van der Waals surface area contributed by atoms with Crippen LogP contribution in [0.1, 0.15) is 59.3 Å². The summed E-state index contributed by atoms with van der Waals surface area (Å²) in [5.41, 5.74) is 1.46. The van der Waals surface area contributed by atoms with E-state index >= 15 is 0 Å². The molecule has 7 heteroatoms. The predicted octanol–water partition coefficient (Wildman–Crippen LogP) is 2.13. The molecule has 1 aromatic rings. The number of H-pyrrole nitrogens is 1. The number of aryl methyl sites for hydroxylation is 1. The lowest BCUT2D eigenvalue weighted by molar-refractivity contribution is -0.124. The molecule has 1 rings (SSSR count). The number of nitrogens with one attached hydrogen (secondary N) is 2. The molecule has 0 saturated heterocycles. The molecule has 7 nitrogen and oxygen atoms in total. The smallest absolute Gasteiger partial charge is 0.355 e. The summed E-state index contributed by atoms with van der Waals surface area (Å²) in [7, 11) is 0. The van der Waals surface area contributed by atoms with Crippen molar-refractivity contribution in [2.24, 2.45) is 5.92 Å². The first-order valence-corrected chi connectivity index (χ1v) is 8.08. The van der Waals surface area contributed by atoms with Gasteiger partial charge in [-0.25, -0.2) is 9.59 Å². The predicted molar refractivity (Wildman–Crippen MR) is 89.0 cm³/mol. The largest absolute Gasteiger partial charge is 0.462 e. The number of aromatic amines is 1. The Morgan fingerprint density at radius 2 is 1.79 bits per heavy atom. The normalized spacial score (nSPS) is 10.6. The summed E-state index contributed by atoms with van der Waals surface area (Å²) < 4.78 is 9.97. The van der Waals surface area contributed by atoms with Crippen LogP contribution in [0, 0.1) is 19.8 Å². The van der Waals surface area contributed by atoms with Gasteiger partial charge in [-0.3, -0.25) is 4.79 Å². The molecular formula is C17H26N2O5. The average molecular weight is 338 g/mol. The lowest BCUT2D eigenvalue weighted by Gasteiger charge is -2.08. The van der Waals surface area contributed by atoms with Gasteiger partial charge in [-0.05, 0) is 38.7 Å². The fourth-order valence-electron chi connectivity index (χ4n) is 2.22. The minimum absolute atomic E-state index is 0.158. The van der Waals surface area contributed by atoms with Crippen molar-refractivity contribution in [1.82, 2.24) is 10.3 Å². The third-order valence-corrected chi connectivity index (χ3v) is 3.50. The first kappa shape index (κ1) is 19.7. The maximum absolute atomic E-state index is 12.1. The topological polar surface area (TPSA) is 97.5 Å². The molecule has 0 unspecified atom stereocenters. The average Bonchev–Trinajstić information content (AvgIpc) is 2.79. The molecule has 0 atom stereocenters. The van der Waals surface area contributed by atoms with Crippen molar-refractivity contribution in [3.63, 3.8) is 0 Å². The lowest BCUT2D eigenvalue weighted by Crippen LogP contribution is -2.30.